The Morgan fingerprint density at radius 1 is 1.23 bits per heavy atom. The van der Waals surface area contributed by atoms with Gasteiger partial charge in [0.15, 0.2) is 6.10 Å². The van der Waals surface area contributed by atoms with Gasteiger partial charge in [0.05, 0.1) is 12.0 Å². The van der Waals surface area contributed by atoms with Gasteiger partial charge in [-0.2, -0.15) is 0 Å². The zero-order chi connectivity index (χ0) is 21.7. The highest BCUT2D eigenvalue weighted by molar-refractivity contribution is 8.26. The number of para-hydroxylation sites is 1. The van der Waals surface area contributed by atoms with Crippen molar-refractivity contribution in [3.8, 4) is 11.5 Å². The number of hydrogen-bond acceptors (Lipinski definition) is 6. The van der Waals surface area contributed by atoms with Gasteiger partial charge in [0.25, 0.3) is 5.91 Å². The van der Waals surface area contributed by atoms with Crippen LogP contribution in [0.1, 0.15) is 18.1 Å². The summed E-state index contributed by atoms with van der Waals surface area (Å²) < 4.78 is 11.2. The molecule has 1 unspecified atom stereocenters. The summed E-state index contributed by atoms with van der Waals surface area (Å²) in [6, 6.07) is 14.7. The summed E-state index contributed by atoms with van der Waals surface area (Å²) in [6.07, 6.45) is 1.36. The number of carboxylic acid groups (broad SMARTS) is 1. The van der Waals surface area contributed by atoms with Crippen molar-refractivity contribution in [1.82, 2.24) is 4.90 Å². The van der Waals surface area contributed by atoms with Crippen molar-refractivity contribution in [2.75, 3.05) is 13.7 Å². The highest BCUT2D eigenvalue weighted by atomic mass is 32.2. The Morgan fingerprint density at radius 2 is 1.93 bits per heavy atom. The second-order valence-electron chi connectivity index (χ2n) is 6.57. The number of thiocarbonyl (C=S) groups is 1. The molecular formula is C22H21NO5S2. The number of hydrogen-bond donors (Lipinski definition) is 1. The molecular weight excluding hydrogens is 422 g/mol. The Labute approximate surface area is 184 Å². The molecule has 1 aliphatic rings. The Hall–Kier alpha value is -2.84. The molecule has 1 N–H and O–H groups in total. The average molecular weight is 444 g/mol. The van der Waals surface area contributed by atoms with E-state index in [1.165, 1.54) is 18.7 Å². The van der Waals surface area contributed by atoms with Gasteiger partial charge in [0.1, 0.15) is 15.8 Å². The van der Waals surface area contributed by atoms with Crippen LogP contribution in [0.5, 0.6) is 11.5 Å². The molecule has 1 saturated heterocycles. The fourth-order valence-electron chi connectivity index (χ4n) is 2.82. The van der Waals surface area contributed by atoms with Crippen molar-refractivity contribution in [3.05, 3.63) is 64.6 Å². The van der Waals surface area contributed by atoms with Gasteiger partial charge in [0, 0.05) is 12.1 Å². The minimum absolute atomic E-state index is 0.167. The SMILES string of the molecule is COc1ccc(CCN2C(=O)/C(=C\c3ccccc3OC(C)C(=O)O)SC2=S)cc1. The van der Waals surface area contributed by atoms with Gasteiger partial charge in [-0.05, 0) is 43.2 Å². The number of benzene rings is 2. The fraction of sp³-hybridized carbons (Fsp3) is 0.227. The monoisotopic (exact) mass is 443 g/mol. The zero-order valence-corrected chi connectivity index (χ0v) is 18.2. The van der Waals surface area contributed by atoms with Gasteiger partial charge in [-0.3, -0.25) is 9.69 Å². The third-order valence-electron chi connectivity index (χ3n) is 4.51. The molecule has 8 heteroatoms. The number of rotatable bonds is 8. The lowest BCUT2D eigenvalue weighted by Crippen LogP contribution is -2.30. The van der Waals surface area contributed by atoms with Crippen LogP contribution in [0.4, 0.5) is 0 Å². The molecule has 0 aliphatic carbocycles. The summed E-state index contributed by atoms with van der Waals surface area (Å²) in [7, 11) is 1.62. The minimum atomic E-state index is -1.06. The summed E-state index contributed by atoms with van der Waals surface area (Å²) in [5.74, 6) is -0.0458. The Morgan fingerprint density at radius 3 is 2.60 bits per heavy atom. The first-order valence-electron chi connectivity index (χ1n) is 9.26. The molecule has 2 aromatic carbocycles. The molecule has 6 nitrogen and oxygen atoms in total. The maximum atomic E-state index is 12.9. The van der Waals surface area contributed by atoms with Crippen LogP contribution in [-0.2, 0) is 16.0 Å². The van der Waals surface area contributed by atoms with Crippen LogP contribution in [-0.4, -0.2) is 46.0 Å². The predicted molar refractivity (Wildman–Crippen MR) is 121 cm³/mol. The molecule has 1 fully saturated rings. The van der Waals surface area contributed by atoms with Crippen LogP contribution in [0, 0.1) is 0 Å². The third-order valence-corrected chi connectivity index (χ3v) is 5.89. The predicted octanol–water partition coefficient (Wildman–Crippen LogP) is 3.99. The molecule has 0 spiro atoms. The van der Waals surface area contributed by atoms with Gasteiger partial charge < -0.3 is 14.6 Å². The second kappa shape index (κ2) is 9.77. The molecule has 1 atom stereocenters. The number of nitrogens with zero attached hydrogens (tertiary/aromatic N) is 1. The van der Waals surface area contributed by atoms with Crippen molar-refractivity contribution in [2.24, 2.45) is 0 Å². The average Bonchev–Trinajstić information content (AvgIpc) is 3.00. The normalized spacial score (nSPS) is 16.1. The second-order valence-corrected chi connectivity index (χ2v) is 8.24. The van der Waals surface area contributed by atoms with E-state index in [2.05, 4.69) is 0 Å². The number of ether oxygens (including phenoxy) is 2. The van der Waals surface area contributed by atoms with Crippen LogP contribution >= 0.6 is 24.0 Å². The van der Waals surface area contributed by atoms with Gasteiger partial charge in [-0.25, -0.2) is 4.79 Å². The van der Waals surface area contributed by atoms with Crippen molar-refractivity contribution in [2.45, 2.75) is 19.4 Å². The van der Waals surface area contributed by atoms with Gasteiger partial charge in [-0.15, -0.1) is 0 Å². The third kappa shape index (κ3) is 5.20. The lowest BCUT2D eigenvalue weighted by Gasteiger charge is -2.14. The molecule has 0 radical (unpaired) electrons. The van der Waals surface area contributed by atoms with E-state index in [0.29, 0.717) is 33.5 Å². The summed E-state index contributed by atoms with van der Waals surface area (Å²) in [5, 5.41) is 9.08. The Kier molecular flexibility index (Phi) is 7.12. The summed E-state index contributed by atoms with van der Waals surface area (Å²) >= 11 is 6.63. The number of carboxylic acids is 1. The van der Waals surface area contributed by atoms with E-state index < -0.39 is 12.1 Å². The number of aliphatic carboxylic acids is 1. The summed E-state index contributed by atoms with van der Waals surface area (Å²) in [6.45, 7) is 1.93. The maximum absolute atomic E-state index is 12.9. The van der Waals surface area contributed by atoms with Crippen molar-refractivity contribution in [3.63, 3.8) is 0 Å². The number of carbonyl (C=O) groups excluding carboxylic acids is 1. The summed E-state index contributed by atoms with van der Waals surface area (Å²) in [5.41, 5.74) is 1.71. The fourth-order valence-corrected chi connectivity index (χ4v) is 4.11. The maximum Gasteiger partial charge on any atom is 0.344 e. The standard InChI is InChI=1S/C22H21NO5S2/c1-14(21(25)26)28-18-6-4-3-5-16(18)13-19-20(24)23(22(29)30-19)12-11-15-7-9-17(27-2)10-8-15/h3-10,13-14H,11-12H2,1-2H3,(H,25,26)/b19-13+. The van der Waals surface area contributed by atoms with Gasteiger partial charge >= 0.3 is 5.97 Å². The van der Waals surface area contributed by atoms with E-state index in [0.717, 1.165) is 11.3 Å². The van der Waals surface area contributed by atoms with Crippen LogP contribution in [0.2, 0.25) is 0 Å². The Bertz CT molecular complexity index is 987. The minimum Gasteiger partial charge on any atom is -0.497 e. The molecule has 156 valence electrons. The smallest absolute Gasteiger partial charge is 0.344 e. The van der Waals surface area contributed by atoms with E-state index in [4.69, 9.17) is 26.8 Å². The van der Waals surface area contributed by atoms with Crippen molar-refractivity contribution in [1.29, 1.82) is 0 Å². The molecule has 1 heterocycles. The quantitative estimate of drug-likeness (QED) is 0.488. The molecule has 0 bridgehead atoms. The highest BCUT2D eigenvalue weighted by Gasteiger charge is 2.32. The van der Waals surface area contributed by atoms with Crippen LogP contribution in [0.3, 0.4) is 0 Å². The number of thioether (sulfide) groups is 1. The lowest BCUT2D eigenvalue weighted by atomic mass is 10.1. The molecule has 1 aliphatic heterocycles. The van der Waals surface area contributed by atoms with E-state index >= 15 is 0 Å². The Balaban J connectivity index is 1.72. The van der Waals surface area contributed by atoms with Gasteiger partial charge in [-0.1, -0.05) is 54.3 Å². The number of amides is 1. The number of carbonyl (C=O) groups is 2. The zero-order valence-electron chi connectivity index (χ0n) is 16.5. The first kappa shape index (κ1) is 21.9. The van der Waals surface area contributed by atoms with Crippen molar-refractivity contribution < 1.29 is 24.2 Å². The summed E-state index contributed by atoms with van der Waals surface area (Å²) in [4.78, 5) is 26.0. The largest absolute Gasteiger partial charge is 0.497 e. The molecule has 30 heavy (non-hydrogen) atoms. The van der Waals surface area contributed by atoms with E-state index in [-0.39, 0.29) is 5.91 Å². The lowest BCUT2D eigenvalue weighted by molar-refractivity contribution is -0.144. The first-order valence-corrected chi connectivity index (χ1v) is 10.5. The number of methoxy groups -OCH3 is 1. The van der Waals surface area contributed by atoms with E-state index in [1.54, 1.807) is 42.4 Å². The van der Waals surface area contributed by atoms with Crippen LogP contribution in [0.15, 0.2) is 53.4 Å². The van der Waals surface area contributed by atoms with E-state index in [1.807, 2.05) is 24.3 Å². The molecule has 0 aromatic heterocycles. The van der Waals surface area contributed by atoms with E-state index in [9.17, 15) is 9.59 Å². The topological polar surface area (TPSA) is 76.1 Å². The van der Waals surface area contributed by atoms with Crippen LogP contribution < -0.4 is 9.47 Å². The molecule has 0 saturated carbocycles. The molecule has 3 rings (SSSR count). The molecule has 1 amide bonds. The van der Waals surface area contributed by atoms with Crippen molar-refractivity contribution >= 4 is 46.3 Å². The first-order chi connectivity index (χ1) is 14.4. The molecule has 2 aromatic rings. The van der Waals surface area contributed by atoms with Gasteiger partial charge in [0.2, 0.25) is 0 Å². The highest BCUT2D eigenvalue weighted by Crippen LogP contribution is 2.34. The van der Waals surface area contributed by atoms with Crippen LogP contribution in [0.25, 0.3) is 6.08 Å².